The summed E-state index contributed by atoms with van der Waals surface area (Å²) in [5.74, 6) is -4.37. The van der Waals surface area contributed by atoms with Crippen LogP contribution in [0.3, 0.4) is 0 Å². The summed E-state index contributed by atoms with van der Waals surface area (Å²) in [5, 5.41) is 51.8. The first-order valence-corrected chi connectivity index (χ1v) is 13.2. The molecule has 0 aromatic carbocycles. The number of carboxylic acids is 4. The van der Waals surface area contributed by atoms with Crippen LogP contribution in [0.25, 0.3) is 0 Å². The normalized spacial score (nSPS) is 27.2. The molecular weight excluding hydrogens is 504 g/mol. The van der Waals surface area contributed by atoms with E-state index in [0.29, 0.717) is 64.8 Å². The summed E-state index contributed by atoms with van der Waals surface area (Å²) in [7, 11) is 0. The summed E-state index contributed by atoms with van der Waals surface area (Å²) in [6, 6.07) is -0.733. The first-order valence-electron chi connectivity index (χ1n) is 13.2. The van der Waals surface area contributed by atoms with Crippen molar-refractivity contribution in [2.24, 2.45) is 5.92 Å². The number of carboxylic acid groups (broad SMARTS) is 4. The summed E-state index contributed by atoms with van der Waals surface area (Å²) >= 11 is 0. The van der Waals surface area contributed by atoms with Crippen LogP contribution in [0, 0.1) is 5.92 Å². The highest BCUT2D eigenvalue weighted by atomic mass is 16.5. The Hall–Kier alpha value is -2.36. The lowest BCUT2D eigenvalue weighted by Crippen LogP contribution is -2.57. The topological polar surface area (TPSA) is 200 Å². The number of ether oxygens (including phenoxy) is 1. The molecule has 38 heavy (non-hydrogen) atoms. The molecule has 0 aromatic heterocycles. The van der Waals surface area contributed by atoms with E-state index >= 15 is 0 Å². The zero-order chi connectivity index (χ0) is 28.1. The maximum absolute atomic E-state index is 11.7. The fourth-order valence-corrected chi connectivity index (χ4v) is 5.11. The van der Waals surface area contributed by atoms with Gasteiger partial charge < -0.3 is 35.6 Å². The van der Waals surface area contributed by atoms with Gasteiger partial charge in [-0.25, -0.2) is 0 Å². The molecule has 2 unspecified atom stereocenters. The standard InChI is InChI=1S/C24H42N4O10/c29-20(30)14-26-9-7-25-8-10-28(16-22(33)34)23(35)19(27(12-11-26)15-21(31)32)2-1-13-38-18-5-3-17(4-6-18)24(36)37/h17-19,23,25,35H,1-16H2,(H,29,30)(H,31,32)(H,33,34)(H,36,37). The van der Waals surface area contributed by atoms with Crippen molar-refractivity contribution >= 4 is 23.9 Å². The van der Waals surface area contributed by atoms with Gasteiger partial charge in [-0.05, 0) is 38.5 Å². The number of aliphatic hydroxyl groups is 1. The highest BCUT2D eigenvalue weighted by Gasteiger charge is 2.33. The maximum atomic E-state index is 11.7. The highest BCUT2D eigenvalue weighted by molar-refractivity contribution is 5.70. The molecule has 2 fully saturated rings. The molecule has 0 aromatic rings. The van der Waals surface area contributed by atoms with Crippen molar-refractivity contribution < 1.29 is 49.4 Å². The molecule has 1 aliphatic heterocycles. The first-order chi connectivity index (χ1) is 18.1. The number of hydrogen-bond donors (Lipinski definition) is 6. The Morgan fingerprint density at radius 3 is 1.97 bits per heavy atom. The van der Waals surface area contributed by atoms with Gasteiger partial charge in [0.25, 0.3) is 0 Å². The molecule has 1 saturated heterocycles. The van der Waals surface area contributed by atoms with E-state index in [4.69, 9.17) is 9.84 Å². The molecule has 1 heterocycles. The van der Waals surface area contributed by atoms with Gasteiger partial charge in [-0.15, -0.1) is 0 Å². The molecule has 1 aliphatic carbocycles. The van der Waals surface area contributed by atoms with Gasteiger partial charge in [0, 0.05) is 51.9 Å². The summed E-state index contributed by atoms with van der Waals surface area (Å²) in [6.07, 6.45) is 1.86. The number of hydrogen-bond acceptors (Lipinski definition) is 10. The number of aliphatic hydroxyl groups excluding tert-OH is 1. The van der Waals surface area contributed by atoms with Crippen molar-refractivity contribution in [1.82, 2.24) is 20.0 Å². The molecule has 14 nitrogen and oxygen atoms in total. The second-order valence-corrected chi connectivity index (χ2v) is 9.95. The Bertz CT molecular complexity index is 777. The molecule has 2 atom stereocenters. The fraction of sp³-hybridized carbons (Fsp3) is 0.833. The third kappa shape index (κ3) is 11.6. The van der Waals surface area contributed by atoms with Crippen LogP contribution in [0.15, 0.2) is 0 Å². The molecule has 1 saturated carbocycles. The number of nitrogens with zero attached hydrogens (tertiary/aromatic N) is 3. The fourth-order valence-electron chi connectivity index (χ4n) is 5.11. The molecule has 218 valence electrons. The number of carbonyl (C=O) groups is 4. The van der Waals surface area contributed by atoms with E-state index in [1.54, 1.807) is 9.80 Å². The lowest BCUT2D eigenvalue weighted by molar-refractivity contribution is -0.148. The second kappa shape index (κ2) is 16.6. The molecule has 14 heteroatoms. The molecule has 0 amide bonds. The average Bonchev–Trinajstić information content (AvgIpc) is 2.84. The minimum Gasteiger partial charge on any atom is -0.481 e. The Balaban J connectivity index is 2.11. The minimum absolute atomic E-state index is 0.0545. The van der Waals surface area contributed by atoms with Crippen molar-refractivity contribution in [1.29, 1.82) is 0 Å². The number of rotatable bonds is 12. The quantitative estimate of drug-likeness (QED) is 0.161. The SMILES string of the molecule is O=C(O)CN1CCNCCN(CC(=O)O)C(O)C(CCCOC2CCC(C(=O)O)CC2)N(CC(=O)O)CC1. The van der Waals surface area contributed by atoms with E-state index in [2.05, 4.69) is 5.32 Å². The Morgan fingerprint density at radius 2 is 1.37 bits per heavy atom. The van der Waals surface area contributed by atoms with Crippen molar-refractivity contribution in [2.75, 3.05) is 65.5 Å². The van der Waals surface area contributed by atoms with Gasteiger partial charge >= 0.3 is 23.9 Å². The zero-order valence-corrected chi connectivity index (χ0v) is 21.7. The van der Waals surface area contributed by atoms with Gasteiger partial charge in [-0.2, -0.15) is 0 Å². The number of aliphatic carboxylic acids is 4. The predicted octanol–water partition coefficient (Wildman–Crippen LogP) is -1.12. The van der Waals surface area contributed by atoms with Gasteiger partial charge in [-0.3, -0.25) is 33.9 Å². The van der Waals surface area contributed by atoms with Crippen molar-refractivity contribution in [3.8, 4) is 0 Å². The second-order valence-electron chi connectivity index (χ2n) is 9.95. The van der Waals surface area contributed by atoms with Crippen LogP contribution in [-0.2, 0) is 23.9 Å². The summed E-state index contributed by atoms with van der Waals surface area (Å²) in [4.78, 5) is 50.3. The largest absolute Gasteiger partial charge is 0.481 e. The Labute approximate surface area is 222 Å². The molecule has 2 rings (SSSR count). The molecule has 2 aliphatic rings. The minimum atomic E-state index is -1.27. The average molecular weight is 547 g/mol. The van der Waals surface area contributed by atoms with Crippen LogP contribution in [0.4, 0.5) is 0 Å². The number of nitrogens with one attached hydrogen (secondary N) is 1. The van der Waals surface area contributed by atoms with Crippen LogP contribution in [0.2, 0.25) is 0 Å². The van der Waals surface area contributed by atoms with Crippen molar-refractivity contribution in [3.05, 3.63) is 0 Å². The van der Waals surface area contributed by atoms with Crippen molar-refractivity contribution in [2.45, 2.75) is 56.9 Å². The highest BCUT2D eigenvalue weighted by Crippen LogP contribution is 2.26. The Kier molecular flexibility index (Phi) is 13.9. The summed E-state index contributed by atoms with van der Waals surface area (Å²) in [5.41, 5.74) is 0. The maximum Gasteiger partial charge on any atom is 0.317 e. The van der Waals surface area contributed by atoms with E-state index in [9.17, 15) is 39.6 Å². The lowest BCUT2D eigenvalue weighted by atomic mass is 9.87. The summed E-state index contributed by atoms with van der Waals surface area (Å²) in [6.45, 7) is 1.16. The van der Waals surface area contributed by atoms with Crippen LogP contribution in [-0.4, -0.2) is 148 Å². The van der Waals surface area contributed by atoms with Crippen LogP contribution in [0.1, 0.15) is 38.5 Å². The lowest BCUT2D eigenvalue weighted by Gasteiger charge is -2.40. The third-order valence-electron chi connectivity index (χ3n) is 7.13. The molecule has 0 radical (unpaired) electrons. The van der Waals surface area contributed by atoms with E-state index in [1.165, 1.54) is 4.90 Å². The molecule has 0 spiro atoms. The van der Waals surface area contributed by atoms with Crippen LogP contribution in [0.5, 0.6) is 0 Å². The van der Waals surface area contributed by atoms with Gasteiger partial charge in [0.1, 0.15) is 6.23 Å². The zero-order valence-electron chi connectivity index (χ0n) is 21.7. The Morgan fingerprint density at radius 1 is 0.763 bits per heavy atom. The van der Waals surface area contributed by atoms with E-state index in [-0.39, 0.29) is 38.2 Å². The van der Waals surface area contributed by atoms with Gasteiger partial charge in [0.2, 0.25) is 0 Å². The van der Waals surface area contributed by atoms with E-state index < -0.39 is 49.2 Å². The summed E-state index contributed by atoms with van der Waals surface area (Å²) < 4.78 is 5.94. The monoisotopic (exact) mass is 546 g/mol. The molecular formula is C24H42N4O10. The van der Waals surface area contributed by atoms with Gasteiger partial charge in [0.05, 0.1) is 31.7 Å². The van der Waals surface area contributed by atoms with E-state index in [0.717, 1.165) is 0 Å². The van der Waals surface area contributed by atoms with Gasteiger partial charge in [0.15, 0.2) is 0 Å². The first kappa shape index (κ1) is 31.9. The van der Waals surface area contributed by atoms with Crippen LogP contribution < -0.4 is 5.32 Å². The third-order valence-corrected chi connectivity index (χ3v) is 7.13. The van der Waals surface area contributed by atoms with Crippen LogP contribution >= 0.6 is 0 Å². The predicted molar refractivity (Wildman–Crippen MR) is 134 cm³/mol. The molecule has 0 bridgehead atoms. The smallest absolute Gasteiger partial charge is 0.317 e. The van der Waals surface area contributed by atoms with E-state index in [1.807, 2.05) is 0 Å². The molecule has 6 N–H and O–H groups in total. The van der Waals surface area contributed by atoms with Crippen molar-refractivity contribution in [3.63, 3.8) is 0 Å². The van der Waals surface area contributed by atoms with Gasteiger partial charge in [-0.1, -0.05) is 0 Å².